The molecule has 0 atom stereocenters. The van der Waals surface area contributed by atoms with Crippen molar-refractivity contribution in [3.8, 4) is 11.5 Å². The third kappa shape index (κ3) is 4.52. The standard InChI is InChI=1S/C18H21NO3/c1-3-12-22-17-7-5-6-14(13-17)18(20)19-15-8-10-16(11-9-15)21-4-2/h5-11,13H,3-4,12H2,1-2H3,(H,19,20). The van der Waals surface area contributed by atoms with Gasteiger partial charge in [-0.3, -0.25) is 4.79 Å². The molecule has 1 N–H and O–H groups in total. The van der Waals surface area contributed by atoms with Crippen molar-refractivity contribution in [1.29, 1.82) is 0 Å². The molecule has 22 heavy (non-hydrogen) atoms. The molecule has 0 heterocycles. The fourth-order valence-electron chi connectivity index (χ4n) is 1.95. The quantitative estimate of drug-likeness (QED) is 0.836. The third-order valence-electron chi connectivity index (χ3n) is 2.99. The van der Waals surface area contributed by atoms with Gasteiger partial charge in [0.25, 0.3) is 5.91 Å². The van der Waals surface area contributed by atoms with Gasteiger partial charge in [0.05, 0.1) is 13.2 Å². The maximum atomic E-state index is 12.3. The summed E-state index contributed by atoms with van der Waals surface area (Å²) in [6, 6.07) is 14.5. The van der Waals surface area contributed by atoms with Crippen LogP contribution in [0.2, 0.25) is 0 Å². The summed E-state index contributed by atoms with van der Waals surface area (Å²) in [5.41, 5.74) is 1.30. The van der Waals surface area contributed by atoms with Gasteiger partial charge >= 0.3 is 0 Å². The van der Waals surface area contributed by atoms with Gasteiger partial charge in [0.1, 0.15) is 11.5 Å². The Morgan fingerprint density at radius 1 is 1.00 bits per heavy atom. The molecular weight excluding hydrogens is 278 g/mol. The Bertz CT molecular complexity index is 608. The highest BCUT2D eigenvalue weighted by Gasteiger charge is 2.07. The van der Waals surface area contributed by atoms with Crippen molar-refractivity contribution >= 4 is 11.6 Å². The zero-order valence-electron chi connectivity index (χ0n) is 13.0. The van der Waals surface area contributed by atoms with E-state index >= 15 is 0 Å². The lowest BCUT2D eigenvalue weighted by Gasteiger charge is -2.09. The third-order valence-corrected chi connectivity index (χ3v) is 2.99. The van der Waals surface area contributed by atoms with E-state index in [1.54, 1.807) is 12.1 Å². The van der Waals surface area contributed by atoms with E-state index in [2.05, 4.69) is 5.32 Å². The number of benzene rings is 2. The number of nitrogens with one attached hydrogen (secondary N) is 1. The lowest BCUT2D eigenvalue weighted by molar-refractivity contribution is 0.102. The first-order valence-corrected chi connectivity index (χ1v) is 7.50. The normalized spacial score (nSPS) is 10.1. The first-order chi connectivity index (χ1) is 10.7. The van der Waals surface area contributed by atoms with Crippen molar-refractivity contribution in [1.82, 2.24) is 0 Å². The summed E-state index contributed by atoms with van der Waals surface area (Å²) < 4.78 is 10.9. The molecule has 0 spiro atoms. The molecule has 4 heteroatoms. The minimum Gasteiger partial charge on any atom is -0.494 e. The van der Waals surface area contributed by atoms with Gasteiger partial charge in [-0.05, 0) is 55.8 Å². The van der Waals surface area contributed by atoms with E-state index in [0.717, 1.165) is 17.9 Å². The summed E-state index contributed by atoms with van der Waals surface area (Å²) in [4.78, 5) is 12.3. The maximum Gasteiger partial charge on any atom is 0.255 e. The minimum atomic E-state index is -0.161. The van der Waals surface area contributed by atoms with Gasteiger partial charge in [0.15, 0.2) is 0 Å². The van der Waals surface area contributed by atoms with Crippen molar-refractivity contribution in [2.75, 3.05) is 18.5 Å². The van der Waals surface area contributed by atoms with Gasteiger partial charge in [-0.2, -0.15) is 0 Å². The maximum absolute atomic E-state index is 12.3. The number of hydrogen-bond acceptors (Lipinski definition) is 3. The van der Waals surface area contributed by atoms with Crippen LogP contribution < -0.4 is 14.8 Å². The molecule has 0 aliphatic heterocycles. The summed E-state index contributed by atoms with van der Waals surface area (Å²) in [5.74, 6) is 1.34. The van der Waals surface area contributed by atoms with E-state index < -0.39 is 0 Å². The van der Waals surface area contributed by atoms with E-state index in [9.17, 15) is 4.79 Å². The van der Waals surface area contributed by atoms with Crippen LogP contribution in [-0.4, -0.2) is 19.1 Å². The predicted molar refractivity (Wildman–Crippen MR) is 87.8 cm³/mol. The number of anilines is 1. The summed E-state index contributed by atoms with van der Waals surface area (Å²) in [7, 11) is 0. The van der Waals surface area contributed by atoms with Crippen LogP contribution in [0.25, 0.3) is 0 Å². The average Bonchev–Trinajstić information content (AvgIpc) is 2.55. The highest BCUT2D eigenvalue weighted by Crippen LogP contribution is 2.18. The second-order valence-electron chi connectivity index (χ2n) is 4.79. The SMILES string of the molecule is CCCOc1cccc(C(=O)Nc2ccc(OCC)cc2)c1. The fraction of sp³-hybridized carbons (Fsp3) is 0.278. The monoisotopic (exact) mass is 299 g/mol. The Hall–Kier alpha value is -2.49. The molecule has 0 fully saturated rings. The zero-order chi connectivity index (χ0) is 15.8. The number of carbonyl (C=O) groups excluding carboxylic acids is 1. The van der Waals surface area contributed by atoms with Crippen molar-refractivity contribution < 1.29 is 14.3 Å². The Morgan fingerprint density at radius 2 is 1.77 bits per heavy atom. The number of carbonyl (C=O) groups is 1. The molecule has 0 radical (unpaired) electrons. The Morgan fingerprint density at radius 3 is 2.45 bits per heavy atom. The second kappa shape index (κ2) is 8.08. The summed E-state index contributed by atoms with van der Waals surface area (Å²) >= 11 is 0. The first kappa shape index (κ1) is 15.9. The van der Waals surface area contributed by atoms with Gasteiger partial charge in [-0.25, -0.2) is 0 Å². The molecule has 1 amide bonds. The molecule has 0 aliphatic carbocycles. The predicted octanol–water partition coefficient (Wildman–Crippen LogP) is 4.13. The molecular formula is C18H21NO3. The highest BCUT2D eigenvalue weighted by atomic mass is 16.5. The second-order valence-corrected chi connectivity index (χ2v) is 4.79. The van der Waals surface area contributed by atoms with Crippen molar-refractivity contribution in [2.24, 2.45) is 0 Å². The van der Waals surface area contributed by atoms with Crippen LogP contribution in [0.5, 0.6) is 11.5 Å². The van der Waals surface area contributed by atoms with Crippen molar-refractivity contribution in [3.05, 3.63) is 54.1 Å². The molecule has 0 aromatic heterocycles. The molecule has 116 valence electrons. The molecule has 2 aromatic carbocycles. The average molecular weight is 299 g/mol. The largest absolute Gasteiger partial charge is 0.494 e. The van der Waals surface area contributed by atoms with E-state index in [1.165, 1.54) is 0 Å². The van der Waals surface area contributed by atoms with Crippen LogP contribution in [0, 0.1) is 0 Å². The van der Waals surface area contributed by atoms with Crippen LogP contribution in [0.1, 0.15) is 30.6 Å². The van der Waals surface area contributed by atoms with Crippen LogP contribution in [0.15, 0.2) is 48.5 Å². The van der Waals surface area contributed by atoms with Gasteiger partial charge in [0.2, 0.25) is 0 Å². The van der Waals surface area contributed by atoms with E-state index in [0.29, 0.717) is 24.5 Å². The van der Waals surface area contributed by atoms with Crippen molar-refractivity contribution in [2.45, 2.75) is 20.3 Å². The molecule has 0 aliphatic rings. The summed E-state index contributed by atoms with van der Waals surface area (Å²) in [5, 5.41) is 2.86. The Balaban J connectivity index is 2.02. The molecule has 0 bridgehead atoms. The highest BCUT2D eigenvalue weighted by molar-refractivity contribution is 6.04. The van der Waals surface area contributed by atoms with Gasteiger partial charge < -0.3 is 14.8 Å². The number of amides is 1. The summed E-state index contributed by atoms with van der Waals surface area (Å²) in [6.45, 7) is 5.24. The molecule has 0 saturated carbocycles. The molecule has 0 unspecified atom stereocenters. The topological polar surface area (TPSA) is 47.6 Å². The summed E-state index contributed by atoms with van der Waals surface area (Å²) in [6.07, 6.45) is 0.933. The van der Waals surface area contributed by atoms with Gasteiger partial charge in [-0.15, -0.1) is 0 Å². The fourth-order valence-corrected chi connectivity index (χ4v) is 1.95. The van der Waals surface area contributed by atoms with Crippen LogP contribution >= 0.6 is 0 Å². The Labute approximate surface area is 131 Å². The number of ether oxygens (including phenoxy) is 2. The first-order valence-electron chi connectivity index (χ1n) is 7.50. The molecule has 0 saturated heterocycles. The smallest absolute Gasteiger partial charge is 0.255 e. The van der Waals surface area contributed by atoms with Crippen LogP contribution in [-0.2, 0) is 0 Å². The van der Waals surface area contributed by atoms with Gasteiger partial charge in [-0.1, -0.05) is 13.0 Å². The molecule has 2 aromatic rings. The van der Waals surface area contributed by atoms with Crippen molar-refractivity contribution in [3.63, 3.8) is 0 Å². The van der Waals surface area contributed by atoms with E-state index in [-0.39, 0.29) is 5.91 Å². The van der Waals surface area contributed by atoms with E-state index in [1.807, 2.05) is 50.2 Å². The van der Waals surface area contributed by atoms with Crippen LogP contribution in [0.3, 0.4) is 0 Å². The molecule has 4 nitrogen and oxygen atoms in total. The zero-order valence-corrected chi connectivity index (χ0v) is 13.0. The number of rotatable bonds is 7. The van der Waals surface area contributed by atoms with Crippen LogP contribution in [0.4, 0.5) is 5.69 Å². The van der Waals surface area contributed by atoms with Gasteiger partial charge in [0, 0.05) is 11.3 Å². The minimum absolute atomic E-state index is 0.161. The lowest BCUT2D eigenvalue weighted by Crippen LogP contribution is -2.12. The Kier molecular flexibility index (Phi) is 5.83. The molecule has 2 rings (SSSR count). The number of hydrogen-bond donors (Lipinski definition) is 1. The lowest BCUT2D eigenvalue weighted by atomic mass is 10.2. The van der Waals surface area contributed by atoms with E-state index in [4.69, 9.17) is 9.47 Å².